The Labute approximate surface area is 191 Å². The molecule has 4 aliphatic carbocycles. The van der Waals surface area contributed by atoms with Gasteiger partial charge in [-0.15, -0.1) is 0 Å². The maximum absolute atomic E-state index is 11.4. The lowest BCUT2D eigenvalue weighted by Gasteiger charge is -2.57. The van der Waals surface area contributed by atoms with Crippen molar-refractivity contribution in [1.29, 1.82) is 0 Å². The van der Waals surface area contributed by atoms with Crippen LogP contribution in [-0.4, -0.2) is 22.4 Å². The third-order valence-corrected chi connectivity index (χ3v) is 11.0. The molecule has 3 fully saturated rings. The van der Waals surface area contributed by atoms with Gasteiger partial charge < -0.3 is 10.2 Å². The Morgan fingerprint density at radius 2 is 1.65 bits per heavy atom. The number of aliphatic hydroxyl groups is 2. The highest BCUT2D eigenvalue weighted by Crippen LogP contribution is 2.66. The largest absolute Gasteiger partial charge is 0.389 e. The Kier molecular flexibility index (Phi) is 6.32. The summed E-state index contributed by atoms with van der Waals surface area (Å²) in [5.41, 5.74) is 4.56. The fourth-order valence-corrected chi connectivity index (χ4v) is 8.56. The van der Waals surface area contributed by atoms with Crippen LogP contribution in [-0.2, 0) is 0 Å². The molecule has 176 valence electrons. The molecule has 0 heterocycles. The van der Waals surface area contributed by atoms with Crippen molar-refractivity contribution in [3.05, 3.63) is 23.3 Å². The average Bonchev–Trinajstić information content (AvgIpc) is 2.99. The predicted molar refractivity (Wildman–Crippen MR) is 130 cm³/mol. The van der Waals surface area contributed by atoms with Crippen molar-refractivity contribution in [3.63, 3.8) is 0 Å². The van der Waals surface area contributed by atoms with Crippen LogP contribution in [0, 0.1) is 46.3 Å². The first-order chi connectivity index (χ1) is 14.5. The number of fused-ring (bicyclic) bond motifs is 4. The third-order valence-electron chi connectivity index (χ3n) is 11.0. The number of hydrogen-bond acceptors (Lipinski definition) is 2. The van der Waals surface area contributed by atoms with Crippen molar-refractivity contribution in [2.75, 3.05) is 0 Å². The molecule has 9 atom stereocenters. The molecular formula is C29H48O2. The van der Waals surface area contributed by atoms with Crippen molar-refractivity contribution in [2.24, 2.45) is 46.3 Å². The minimum Gasteiger partial charge on any atom is -0.389 e. The second kappa shape index (κ2) is 8.32. The molecule has 0 bridgehead atoms. The van der Waals surface area contributed by atoms with Crippen LogP contribution in [0.5, 0.6) is 0 Å². The summed E-state index contributed by atoms with van der Waals surface area (Å²) < 4.78 is 0. The third kappa shape index (κ3) is 3.68. The van der Waals surface area contributed by atoms with Crippen molar-refractivity contribution in [3.8, 4) is 0 Å². The highest BCUT2D eigenvalue weighted by molar-refractivity contribution is 5.39. The second-order valence-corrected chi connectivity index (χ2v) is 12.8. The molecular weight excluding hydrogens is 380 g/mol. The van der Waals surface area contributed by atoms with Crippen LogP contribution >= 0.6 is 0 Å². The van der Waals surface area contributed by atoms with Crippen molar-refractivity contribution < 1.29 is 10.2 Å². The van der Waals surface area contributed by atoms with Crippen molar-refractivity contribution >= 4 is 0 Å². The molecule has 0 aromatic heterocycles. The van der Waals surface area contributed by atoms with Crippen LogP contribution in [0.25, 0.3) is 0 Å². The fourth-order valence-electron chi connectivity index (χ4n) is 8.56. The highest BCUT2D eigenvalue weighted by Gasteiger charge is 2.58. The zero-order valence-corrected chi connectivity index (χ0v) is 21.1. The van der Waals surface area contributed by atoms with Gasteiger partial charge in [0.05, 0.1) is 12.2 Å². The lowest BCUT2D eigenvalue weighted by atomic mass is 9.48. The Hall–Kier alpha value is -0.600. The van der Waals surface area contributed by atoms with Gasteiger partial charge in [-0.1, -0.05) is 66.5 Å². The monoisotopic (exact) mass is 428 g/mol. The standard InChI is InChI=1S/C29H48O2/c1-17(2)18(3)8-9-19(4)24-16-26(31)27-21-10-11-22-20(5)25(30)13-15-28(22,6)23(21)12-14-29(24,27)7/h17-19,22-26,30-31H,5,8-16H2,1-4,6-7H3/t18-,19-,22+,23+,24-,25+,26+,28+,29-/m1/s1. The van der Waals surface area contributed by atoms with Crippen LogP contribution in [0.1, 0.15) is 99.3 Å². The van der Waals surface area contributed by atoms with Gasteiger partial charge in [-0.3, -0.25) is 0 Å². The minimum atomic E-state index is -0.309. The molecule has 4 aliphatic rings. The van der Waals surface area contributed by atoms with Crippen LogP contribution in [0.2, 0.25) is 0 Å². The molecule has 4 rings (SSSR count). The topological polar surface area (TPSA) is 40.5 Å². The molecule has 0 spiro atoms. The molecule has 0 saturated heterocycles. The Morgan fingerprint density at radius 3 is 2.32 bits per heavy atom. The minimum absolute atomic E-state index is 0.181. The Balaban J connectivity index is 1.60. The van der Waals surface area contributed by atoms with E-state index >= 15 is 0 Å². The molecule has 3 saturated carbocycles. The van der Waals surface area contributed by atoms with E-state index in [1.165, 1.54) is 31.3 Å². The molecule has 31 heavy (non-hydrogen) atoms. The summed E-state index contributed by atoms with van der Waals surface area (Å²) in [6.45, 7) is 18.8. The maximum Gasteiger partial charge on any atom is 0.0761 e. The normalized spacial score (nSPS) is 44.7. The number of rotatable bonds is 5. The van der Waals surface area contributed by atoms with Crippen LogP contribution in [0.3, 0.4) is 0 Å². The van der Waals surface area contributed by atoms with Crippen molar-refractivity contribution in [2.45, 2.75) is 112 Å². The van der Waals surface area contributed by atoms with E-state index in [4.69, 9.17) is 0 Å². The Morgan fingerprint density at radius 1 is 0.935 bits per heavy atom. The van der Waals surface area contributed by atoms with Crippen molar-refractivity contribution in [1.82, 2.24) is 0 Å². The molecule has 2 nitrogen and oxygen atoms in total. The molecule has 0 aromatic carbocycles. The van der Waals surface area contributed by atoms with Gasteiger partial charge in [-0.05, 0) is 102 Å². The molecule has 0 aliphatic heterocycles. The number of aliphatic hydroxyl groups excluding tert-OH is 2. The van der Waals surface area contributed by atoms with Crippen LogP contribution < -0.4 is 0 Å². The van der Waals surface area contributed by atoms with E-state index in [0.29, 0.717) is 23.7 Å². The van der Waals surface area contributed by atoms with Gasteiger partial charge in [-0.25, -0.2) is 0 Å². The first-order valence-corrected chi connectivity index (χ1v) is 13.3. The lowest BCUT2D eigenvalue weighted by Crippen LogP contribution is -2.49. The SMILES string of the molecule is C=C1[C@@H](O)CC[C@@]2(C)[C@H]1CCC1=C3[C@@H](O)C[C@H]([C@H](C)CC[C@@H](C)C(C)C)[C@@]3(C)CC[C@@H]12. The predicted octanol–water partition coefficient (Wildman–Crippen LogP) is 6.92. The first kappa shape index (κ1) is 23.6. The van der Waals surface area contributed by atoms with Gasteiger partial charge in [0.2, 0.25) is 0 Å². The molecule has 2 N–H and O–H groups in total. The summed E-state index contributed by atoms with van der Waals surface area (Å²) in [7, 11) is 0. The molecule has 2 heteroatoms. The van der Waals surface area contributed by atoms with Gasteiger partial charge in [0, 0.05) is 0 Å². The van der Waals surface area contributed by atoms with Crippen LogP contribution in [0.4, 0.5) is 0 Å². The van der Waals surface area contributed by atoms with Gasteiger partial charge in [0.15, 0.2) is 0 Å². The van der Waals surface area contributed by atoms with E-state index < -0.39 is 0 Å². The Bertz CT molecular complexity index is 735. The summed E-state index contributed by atoms with van der Waals surface area (Å²) in [6.07, 6.45) is 9.65. The van der Waals surface area contributed by atoms with Gasteiger partial charge in [-0.2, -0.15) is 0 Å². The zero-order chi connectivity index (χ0) is 22.7. The molecule has 0 radical (unpaired) electrons. The van der Waals surface area contributed by atoms with Crippen LogP contribution in [0.15, 0.2) is 23.3 Å². The summed E-state index contributed by atoms with van der Waals surface area (Å²) in [6, 6.07) is 0. The van der Waals surface area contributed by atoms with Gasteiger partial charge in [0.1, 0.15) is 0 Å². The lowest BCUT2D eigenvalue weighted by molar-refractivity contribution is 0.00212. The van der Waals surface area contributed by atoms with E-state index in [9.17, 15) is 10.2 Å². The fraction of sp³-hybridized carbons (Fsp3) is 0.862. The average molecular weight is 429 g/mol. The summed E-state index contributed by atoms with van der Waals surface area (Å²) in [5.74, 6) is 3.83. The first-order valence-electron chi connectivity index (χ1n) is 13.3. The van der Waals surface area contributed by atoms with E-state index in [2.05, 4.69) is 48.1 Å². The summed E-state index contributed by atoms with van der Waals surface area (Å²) in [4.78, 5) is 0. The molecule has 0 amide bonds. The van der Waals surface area contributed by atoms with Gasteiger partial charge >= 0.3 is 0 Å². The van der Waals surface area contributed by atoms with E-state index in [1.807, 2.05) is 0 Å². The zero-order valence-electron chi connectivity index (χ0n) is 21.1. The highest BCUT2D eigenvalue weighted by atomic mass is 16.3. The summed E-state index contributed by atoms with van der Waals surface area (Å²) >= 11 is 0. The number of hydrogen-bond donors (Lipinski definition) is 2. The second-order valence-electron chi connectivity index (χ2n) is 12.8. The van der Waals surface area contributed by atoms with E-state index in [0.717, 1.165) is 49.5 Å². The van der Waals surface area contributed by atoms with Gasteiger partial charge in [0.25, 0.3) is 0 Å². The quantitative estimate of drug-likeness (QED) is 0.467. The molecule has 0 unspecified atom stereocenters. The number of allylic oxidation sites excluding steroid dienone is 1. The van der Waals surface area contributed by atoms with E-state index in [-0.39, 0.29) is 23.0 Å². The smallest absolute Gasteiger partial charge is 0.0761 e. The maximum atomic E-state index is 11.4. The van der Waals surface area contributed by atoms with E-state index in [1.54, 1.807) is 5.57 Å². The molecule has 0 aromatic rings. The summed E-state index contributed by atoms with van der Waals surface area (Å²) in [5, 5.41) is 21.8.